The minimum absolute atomic E-state index is 0.0208. The van der Waals surface area contributed by atoms with Crippen LogP contribution in [0.25, 0.3) is 10.8 Å². The summed E-state index contributed by atoms with van der Waals surface area (Å²) in [4.78, 5) is 11.1. The van der Waals surface area contributed by atoms with Crippen LogP contribution >= 0.6 is 0 Å². The van der Waals surface area contributed by atoms with Crippen molar-refractivity contribution in [2.45, 2.75) is 0 Å². The topological polar surface area (TPSA) is 65.0 Å². The second-order valence-corrected chi connectivity index (χ2v) is 4.61. The molecule has 0 radical (unpaired) electrons. The molecular formula is C17H20O5. The van der Waals surface area contributed by atoms with Crippen LogP contribution in [0, 0.1) is 0 Å². The fraction of sp³-hybridized carbons (Fsp3) is 0.353. The van der Waals surface area contributed by atoms with Crippen molar-refractivity contribution in [1.82, 2.24) is 0 Å². The molecule has 0 atom stereocenters. The maximum absolute atomic E-state index is 11.1. The van der Waals surface area contributed by atoms with Crippen LogP contribution in [0.1, 0.15) is 10.4 Å². The number of rotatable bonds is 10. The standard InChI is InChI=1S/C17H20O5/c18-7-8-20-9-10-21-11-12-22-17-6-5-14(13-19)15-3-1-2-4-16(15)17/h1-6,13,18H,7-12H2. The molecule has 0 saturated heterocycles. The van der Waals surface area contributed by atoms with Gasteiger partial charge in [0.2, 0.25) is 0 Å². The molecule has 1 N–H and O–H groups in total. The van der Waals surface area contributed by atoms with Gasteiger partial charge in [0.15, 0.2) is 6.29 Å². The molecule has 0 heterocycles. The smallest absolute Gasteiger partial charge is 0.150 e. The third-order valence-corrected chi connectivity index (χ3v) is 3.14. The Balaban J connectivity index is 1.84. The molecule has 0 saturated carbocycles. The van der Waals surface area contributed by atoms with Crippen molar-refractivity contribution in [1.29, 1.82) is 0 Å². The lowest BCUT2D eigenvalue weighted by molar-refractivity contribution is 0.0248. The highest BCUT2D eigenvalue weighted by atomic mass is 16.5. The first-order valence-corrected chi connectivity index (χ1v) is 7.23. The number of carbonyl (C=O) groups excluding carboxylic acids is 1. The second-order valence-electron chi connectivity index (χ2n) is 4.61. The highest BCUT2D eigenvalue weighted by Gasteiger charge is 2.05. The number of aliphatic hydroxyl groups excluding tert-OH is 1. The van der Waals surface area contributed by atoms with Gasteiger partial charge in [-0.05, 0) is 17.5 Å². The Kier molecular flexibility index (Phi) is 6.83. The summed E-state index contributed by atoms with van der Waals surface area (Å²) < 4.78 is 16.2. The quantitative estimate of drug-likeness (QED) is 0.537. The molecule has 0 aliphatic rings. The van der Waals surface area contributed by atoms with Gasteiger partial charge in [-0.15, -0.1) is 0 Å². The van der Waals surface area contributed by atoms with Gasteiger partial charge in [0.05, 0.1) is 33.0 Å². The highest BCUT2D eigenvalue weighted by Crippen LogP contribution is 2.27. The zero-order valence-electron chi connectivity index (χ0n) is 12.4. The maximum Gasteiger partial charge on any atom is 0.150 e. The number of aldehydes is 1. The molecule has 0 unspecified atom stereocenters. The van der Waals surface area contributed by atoms with E-state index in [0.29, 0.717) is 38.6 Å². The predicted molar refractivity (Wildman–Crippen MR) is 83.6 cm³/mol. The molecule has 2 aromatic carbocycles. The fourth-order valence-corrected chi connectivity index (χ4v) is 2.12. The number of benzene rings is 2. The van der Waals surface area contributed by atoms with Crippen LogP contribution < -0.4 is 4.74 Å². The Morgan fingerprint density at radius 1 is 0.864 bits per heavy atom. The van der Waals surface area contributed by atoms with Crippen LogP contribution in [0.3, 0.4) is 0 Å². The van der Waals surface area contributed by atoms with Gasteiger partial charge in [-0.2, -0.15) is 0 Å². The van der Waals surface area contributed by atoms with Crippen molar-refractivity contribution < 1.29 is 24.1 Å². The van der Waals surface area contributed by atoms with E-state index in [-0.39, 0.29) is 6.61 Å². The summed E-state index contributed by atoms with van der Waals surface area (Å²) in [7, 11) is 0. The third kappa shape index (κ3) is 4.53. The van der Waals surface area contributed by atoms with Crippen molar-refractivity contribution in [3.8, 4) is 5.75 Å². The van der Waals surface area contributed by atoms with Gasteiger partial charge in [0, 0.05) is 10.9 Å². The second kappa shape index (κ2) is 9.15. The van der Waals surface area contributed by atoms with Crippen molar-refractivity contribution in [2.24, 2.45) is 0 Å². The molecule has 118 valence electrons. The number of aliphatic hydroxyl groups is 1. The summed E-state index contributed by atoms with van der Waals surface area (Å²) in [5, 5.41) is 10.3. The van der Waals surface area contributed by atoms with Gasteiger partial charge in [0.25, 0.3) is 0 Å². The van der Waals surface area contributed by atoms with Gasteiger partial charge in [-0.1, -0.05) is 24.3 Å². The summed E-state index contributed by atoms with van der Waals surface area (Å²) in [6.45, 7) is 2.14. The van der Waals surface area contributed by atoms with E-state index >= 15 is 0 Å². The molecular weight excluding hydrogens is 284 g/mol. The van der Waals surface area contributed by atoms with E-state index in [9.17, 15) is 4.79 Å². The molecule has 22 heavy (non-hydrogen) atoms. The zero-order chi connectivity index (χ0) is 15.6. The zero-order valence-corrected chi connectivity index (χ0v) is 12.4. The van der Waals surface area contributed by atoms with Crippen LogP contribution in [0.4, 0.5) is 0 Å². The minimum atomic E-state index is 0.0208. The van der Waals surface area contributed by atoms with Crippen LogP contribution in [0.15, 0.2) is 36.4 Å². The lowest BCUT2D eigenvalue weighted by atomic mass is 10.0. The molecule has 0 amide bonds. The average Bonchev–Trinajstić information content (AvgIpc) is 2.57. The van der Waals surface area contributed by atoms with Crippen LogP contribution in [0.5, 0.6) is 5.75 Å². The summed E-state index contributed by atoms with van der Waals surface area (Å²) in [5.74, 6) is 0.737. The van der Waals surface area contributed by atoms with Crippen molar-refractivity contribution in [2.75, 3.05) is 39.6 Å². The fourth-order valence-electron chi connectivity index (χ4n) is 2.12. The average molecular weight is 304 g/mol. The molecule has 0 bridgehead atoms. The van der Waals surface area contributed by atoms with Crippen LogP contribution in [-0.2, 0) is 9.47 Å². The first kappa shape index (κ1) is 16.4. The third-order valence-electron chi connectivity index (χ3n) is 3.14. The van der Waals surface area contributed by atoms with E-state index in [2.05, 4.69) is 0 Å². The Bertz CT molecular complexity index is 597. The first-order valence-electron chi connectivity index (χ1n) is 7.23. The molecule has 5 heteroatoms. The minimum Gasteiger partial charge on any atom is -0.491 e. The maximum atomic E-state index is 11.1. The van der Waals surface area contributed by atoms with Crippen molar-refractivity contribution >= 4 is 17.1 Å². The van der Waals surface area contributed by atoms with Gasteiger partial charge in [-0.25, -0.2) is 0 Å². The monoisotopic (exact) mass is 304 g/mol. The van der Waals surface area contributed by atoms with Crippen LogP contribution in [-0.4, -0.2) is 51.0 Å². The molecule has 0 aliphatic heterocycles. The van der Waals surface area contributed by atoms with E-state index in [4.69, 9.17) is 19.3 Å². The molecule has 0 spiro atoms. The molecule has 2 rings (SSSR count). The lowest BCUT2D eigenvalue weighted by Gasteiger charge is -2.11. The molecule has 0 fully saturated rings. The van der Waals surface area contributed by atoms with Crippen molar-refractivity contribution in [3.05, 3.63) is 42.0 Å². The number of carbonyl (C=O) groups is 1. The predicted octanol–water partition coefficient (Wildman–Crippen LogP) is 2.06. The largest absolute Gasteiger partial charge is 0.491 e. The Morgan fingerprint density at radius 2 is 1.55 bits per heavy atom. The lowest BCUT2D eigenvalue weighted by Crippen LogP contribution is -2.12. The van der Waals surface area contributed by atoms with Crippen molar-refractivity contribution in [3.63, 3.8) is 0 Å². The number of ether oxygens (including phenoxy) is 3. The Labute approximate surface area is 129 Å². The number of fused-ring (bicyclic) bond motifs is 1. The summed E-state index contributed by atoms with van der Waals surface area (Å²) in [6, 6.07) is 11.2. The summed E-state index contributed by atoms with van der Waals surface area (Å²) in [5.41, 5.74) is 0.653. The van der Waals surface area contributed by atoms with Gasteiger partial charge in [-0.3, -0.25) is 4.79 Å². The van der Waals surface area contributed by atoms with Gasteiger partial charge < -0.3 is 19.3 Å². The molecule has 0 aliphatic carbocycles. The molecule has 5 nitrogen and oxygen atoms in total. The van der Waals surface area contributed by atoms with E-state index in [1.54, 1.807) is 12.1 Å². The van der Waals surface area contributed by atoms with Gasteiger partial charge >= 0.3 is 0 Å². The first-order chi connectivity index (χ1) is 10.9. The number of hydrogen-bond donors (Lipinski definition) is 1. The molecule has 2 aromatic rings. The van der Waals surface area contributed by atoms with E-state index in [1.807, 2.05) is 24.3 Å². The Hall–Kier alpha value is -1.95. The summed E-state index contributed by atoms with van der Waals surface area (Å²) in [6.07, 6.45) is 0.849. The highest BCUT2D eigenvalue weighted by molar-refractivity contribution is 6.00. The number of hydrogen-bond acceptors (Lipinski definition) is 5. The van der Waals surface area contributed by atoms with Crippen LogP contribution in [0.2, 0.25) is 0 Å². The normalized spacial score (nSPS) is 10.8. The van der Waals surface area contributed by atoms with E-state index in [0.717, 1.165) is 22.8 Å². The van der Waals surface area contributed by atoms with E-state index in [1.165, 1.54) is 0 Å². The SMILES string of the molecule is O=Cc1ccc(OCCOCCOCCO)c2ccccc12. The Morgan fingerprint density at radius 3 is 2.27 bits per heavy atom. The van der Waals surface area contributed by atoms with E-state index < -0.39 is 0 Å². The summed E-state index contributed by atoms with van der Waals surface area (Å²) >= 11 is 0. The van der Waals surface area contributed by atoms with Gasteiger partial charge in [0.1, 0.15) is 12.4 Å². The molecule has 0 aromatic heterocycles.